The van der Waals surface area contributed by atoms with Crippen LogP contribution in [0.3, 0.4) is 0 Å². The first-order valence-corrected chi connectivity index (χ1v) is 8.18. The molecule has 0 unspecified atom stereocenters. The summed E-state index contributed by atoms with van der Waals surface area (Å²) < 4.78 is 10.4. The molecule has 0 aliphatic carbocycles. The van der Waals surface area contributed by atoms with Crippen molar-refractivity contribution in [3.8, 4) is 10.6 Å². The van der Waals surface area contributed by atoms with Gasteiger partial charge in [0, 0.05) is 17.1 Å². The highest BCUT2D eigenvalue weighted by Gasteiger charge is 2.18. The van der Waals surface area contributed by atoms with E-state index in [-0.39, 0.29) is 0 Å². The number of anilines is 1. The number of hydrogen-bond donors (Lipinski definition) is 1. The van der Waals surface area contributed by atoms with Crippen LogP contribution >= 0.6 is 22.9 Å². The summed E-state index contributed by atoms with van der Waals surface area (Å²) in [6.07, 6.45) is 1.30. The summed E-state index contributed by atoms with van der Waals surface area (Å²) in [5.74, 6) is 0. The summed E-state index contributed by atoms with van der Waals surface area (Å²) in [7, 11) is 0. The monoisotopic (exact) mass is 334 g/mol. The van der Waals surface area contributed by atoms with Crippen LogP contribution in [0.1, 0.15) is 20.8 Å². The number of amides is 1. The minimum Gasteiger partial charge on any atom is -0.444 e. The Kier molecular flexibility index (Phi) is 3.79. The van der Waals surface area contributed by atoms with Crippen molar-refractivity contribution in [2.45, 2.75) is 26.4 Å². The van der Waals surface area contributed by atoms with E-state index in [9.17, 15) is 4.79 Å². The van der Waals surface area contributed by atoms with Crippen molar-refractivity contribution in [3.05, 3.63) is 24.4 Å². The lowest BCUT2D eigenvalue weighted by Gasteiger charge is -2.18. The number of benzene rings is 1. The summed E-state index contributed by atoms with van der Waals surface area (Å²) in [5, 5.41) is 12.9. The Morgan fingerprint density at radius 3 is 2.86 bits per heavy atom. The largest absolute Gasteiger partial charge is 0.444 e. The summed E-state index contributed by atoms with van der Waals surface area (Å²) >= 11 is 2.74. The Hall–Kier alpha value is -2.06. The molecule has 1 amide bonds. The first-order chi connectivity index (χ1) is 10.4. The Balaban J connectivity index is 1.77. The molecule has 0 saturated heterocycles. The SMILES string of the molecule is CC(C)(C)OC(=O)Nc1nnc(-c2ccc3cnsc3c2)s1. The first-order valence-electron chi connectivity index (χ1n) is 6.59. The van der Waals surface area contributed by atoms with E-state index in [1.807, 2.05) is 45.2 Å². The second-order valence-electron chi connectivity index (χ2n) is 5.62. The molecule has 2 aromatic heterocycles. The van der Waals surface area contributed by atoms with Crippen molar-refractivity contribution in [2.24, 2.45) is 0 Å². The first kappa shape index (κ1) is 14.9. The summed E-state index contributed by atoms with van der Waals surface area (Å²) in [4.78, 5) is 11.7. The highest BCUT2D eigenvalue weighted by Crippen LogP contribution is 2.30. The Labute approximate surface area is 135 Å². The second-order valence-corrected chi connectivity index (χ2v) is 7.43. The van der Waals surface area contributed by atoms with Crippen LogP contribution in [0.15, 0.2) is 24.4 Å². The van der Waals surface area contributed by atoms with Crippen LogP contribution in [0, 0.1) is 0 Å². The van der Waals surface area contributed by atoms with Gasteiger partial charge in [0.2, 0.25) is 5.13 Å². The molecule has 1 N–H and O–H groups in total. The van der Waals surface area contributed by atoms with Crippen LogP contribution in [-0.2, 0) is 4.74 Å². The fraction of sp³-hybridized carbons (Fsp3) is 0.286. The molecule has 8 heteroatoms. The van der Waals surface area contributed by atoms with Crippen molar-refractivity contribution in [1.29, 1.82) is 0 Å². The highest BCUT2D eigenvalue weighted by atomic mass is 32.1. The van der Waals surface area contributed by atoms with Crippen LogP contribution in [0.4, 0.5) is 9.93 Å². The number of ether oxygens (including phenoxy) is 1. The number of nitrogens with zero attached hydrogens (tertiary/aromatic N) is 3. The van der Waals surface area contributed by atoms with Gasteiger partial charge in [-0.3, -0.25) is 5.32 Å². The normalized spacial score (nSPS) is 11.6. The van der Waals surface area contributed by atoms with Crippen molar-refractivity contribution in [3.63, 3.8) is 0 Å². The lowest BCUT2D eigenvalue weighted by molar-refractivity contribution is 0.0636. The number of fused-ring (bicyclic) bond motifs is 1. The predicted octanol–water partition coefficient (Wildman–Crippen LogP) is 4.16. The van der Waals surface area contributed by atoms with Gasteiger partial charge in [0.1, 0.15) is 10.6 Å². The molecule has 114 valence electrons. The van der Waals surface area contributed by atoms with Gasteiger partial charge in [0.05, 0.1) is 4.70 Å². The standard InChI is InChI=1S/C14H14N4O2S2/c1-14(2,3)20-13(19)16-12-18-17-11(21-12)8-4-5-9-7-15-22-10(9)6-8/h4-7H,1-3H3,(H,16,18,19). The van der Waals surface area contributed by atoms with E-state index in [2.05, 4.69) is 19.9 Å². The number of hydrogen-bond acceptors (Lipinski definition) is 7. The third kappa shape index (κ3) is 3.40. The summed E-state index contributed by atoms with van der Waals surface area (Å²) in [6.45, 7) is 5.42. The van der Waals surface area contributed by atoms with Crippen molar-refractivity contribution < 1.29 is 9.53 Å². The van der Waals surface area contributed by atoms with E-state index >= 15 is 0 Å². The molecule has 0 bridgehead atoms. The lowest BCUT2D eigenvalue weighted by atomic mass is 10.2. The third-order valence-electron chi connectivity index (χ3n) is 2.64. The lowest BCUT2D eigenvalue weighted by Crippen LogP contribution is -2.27. The van der Waals surface area contributed by atoms with Gasteiger partial charge < -0.3 is 4.74 Å². The molecule has 0 fully saturated rings. The van der Waals surface area contributed by atoms with Crippen LogP contribution in [0.5, 0.6) is 0 Å². The van der Waals surface area contributed by atoms with Crippen LogP contribution in [0.25, 0.3) is 20.7 Å². The smallest absolute Gasteiger partial charge is 0.414 e. The van der Waals surface area contributed by atoms with Crippen LogP contribution < -0.4 is 5.32 Å². The molecule has 6 nitrogen and oxygen atoms in total. The number of rotatable bonds is 2. The fourth-order valence-electron chi connectivity index (χ4n) is 1.77. The van der Waals surface area contributed by atoms with Gasteiger partial charge in [-0.15, -0.1) is 10.2 Å². The minimum absolute atomic E-state index is 0.411. The molecular formula is C14H14N4O2S2. The Morgan fingerprint density at radius 1 is 1.27 bits per heavy atom. The second kappa shape index (κ2) is 5.62. The van der Waals surface area contributed by atoms with Crippen molar-refractivity contribution >= 4 is 44.2 Å². The summed E-state index contributed by atoms with van der Waals surface area (Å²) in [5.41, 5.74) is 0.404. The molecule has 2 heterocycles. The van der Waals surface area contributed by atoms with E-state index in [0.29, 0.717) is 5.13 Å². The Morgan fingerprint density at radius 2 is 2.09 bits per heavy atom. The molecule has 0 saturated carbocycles. The maximum absolute atomic E-state index is 11.7. The maximum Gasteiger partial charge on any atom is 0.414 e. The molecule has 22 heavy (non-hydrogen) atoms. The predicted molar refractivity (Wildman–Crippen MR) is 88.4 cm³/mol. The third-order valence-corrected chi connectivity index (χ3v) is 4.29. The van der Waals surface area contributed by atoms with Gasteiger partial charge in [-0.1, -0.05) is 23.5 Å². The molecule has 3 rings (SSSR count). The molecule has 0 radical (unpaired) electrons. The van der Waals surface area contributed by atoms with Gasteiger partial charge in [-0.2, -0.15) is 4.37 Å². The number of carbonyl (C=O) groups is 1. The zero-order valence-corrected chi connectivity index (χ0v) is 13.9. The number of carbonyl (C=O) groups excluding carboxylic acids is 1. The molecule has 3 aromatic rings. The van der Waals surface area contributed by atoms with Gasteiger partial charge in [-0.05, 0) is 38.4 Å². The fourth-order valence-corrected chi connectivity index (χ4v) is 3.19. The topological polar surface area (TPSA) is 77.0 Å². The van der Waals surface area contributed by atoms with Gasteiger partial charge in [0.25, 0.3) is 0 Å². The average Bonchev–Trinajstić information content (AvgIpc) is 3.03. The highest BCUT2D eigenvalue weighted by molar-refractivity contribution is 7.18. The summed E-state index contributed by atoms with van der Waals surface area (Å²) in [6, 6.07) is 5.98. The van der Waals surface area contributed by atoms with E-state index < -0.39 is 11.7 Å². The van der Waals surface area contributed by atoms with Crippen molar-refractivity contribution in [1.82, 2.24) is 14.6 Å². The van der Waals surface area contributed by atoms with Crippen LogP contribution in [-0.4, -0.2) is 26.3 Å². The number of aromatic nitrogens is 3. The molecular weight excluding hydrogens is 320 g/mol. The zero-order chi connectivity index (χ0) is 15.7. The minimum atomic E-state index is -0.547. The van der Waals surface area contributed by atoms with Crippen LogP contribution in [0.2, 0.25) is 0 Å². The van der Waals surface area contributed by atoms with Gasteiger partial charge in [-0.25, -0.2) is 4.79 Å². The van der Waals surface area contributed by atoms with Gasteiger partial charge in [0.15, 0.2) is 0 Å². The Bertz CT molecular complexity index is 819. The van der Waals surface area contributed by atoms with Crippen molar-refractivity contribution in [2.75, 3.05) is 5.32 Å². The van der Waals surface area contributed by atoms with E-state index in [1.54, 1.807) is 0 Å². The molecule has 0 atom stereocenters. The average molecular weight is 334 g/mol. The van der Waals surface area contributed by atoms with Gasteiger partial charge >= 0.3 is 6.09 Å². The quantitative estimate of drug-likeness (QED) is 0.761. The molecule has 0 aliphatic rings. The number of nitrogens with one attached hydrogen (secondary N) is 1. The van der Waals surface area contributed by atoms with E-state index in [4.69, 9.17) is 4.74 Å². The molecule has 1 aromatic carbocycles. The van der Waals surface area contributed by atoms with E-state index in [0.717, 1.165) is 20.7 Å². The molecule has 0 aliphatic heterocycles. The zero-order valence-electron chi connectivity index (χ0n) is 12.3. The van der Waals surface area contributed by atoms with E-state index in [1.165, 1.54) is 22.9 Å². The molecule has 0 spiro atoms. The maximum atomic E-state index is 11.7.